The van der Waals surface area contributed by atoms with Gasteiger partial charge in [0.1, 0.15) is 0 Å². The van der Waals surface area contributed by atoms with E-state index in [0.717, 1.165) is 0 Å². The Balaban J connectivity index is 1.91. The number of rotatable bonds is 5. The lowest BCUT2D eigenvalue weighted by Crippen LogP contribution is -2.37. The molecule has 1 aliphatic rings. The number of nitrogens with one attached hydrogen (secondary N) is 2. The van der Waals surface area contributed by atoms with Crippen molar-refractivity contribution in [2.24, 2.45) is 0 Å². The summed E-state index contributed by atoms with van der Waals surface area (Å²) in [5.74, 6) is -0.411. The van der Waals surface area contributed by atoms with Crippen LogP contribution in [0.3, 0.4) is 0 Å². The van der Waals surface area contributed by atoms with Crippen molar-refractivity contribution < 1.29 is 18.0 Å². The highest BCUT2D eigenvalue weighted by Crippen LogP contribution is 2.11. The van der Waals surface area contributed by atoms with Crippen LogP contribution in [0.4, 0.5) is 5.69 Å². The SMILES string of the molecule is CNC(=O)c1cccc(NC(=O)CN2CCCN(S(C)(=O)=O)CC2)c1. The molecule has 0 unspecified atom stereocenters. The molecule has 1 aliphatic heterocycles. The van der Waals surface area contributed by atoms with E-state index in [0.29, 0.717) is 43.9 Å². The normalized spacial score (nSPS) is 16.9. The van der Waals surface area contributed by atoms with Gasteiger partial charge in [-0.3, -0.25) is 14.5 Å². The second-order valence-electron chi connectivity index (χ2n) is 6.00. The quantitative estimate of drug-likeness (QED) is 0.759. The highest BCUT2D eigenvalue weighted by Gasteiger charge is 2.22. The van der Waals surface area contributed by atoms with E-state index in [1.54, 1.807) is 31.3 Å². The minimum absolute atomic E-state index is 0.182. The maximum absolute atomic E-state index is 12.2. The van der Waals surface area contributed by atoms with Gasteiger partial charge in [0, 0.05) is 37.9 Å². The van der Waals surface area contributed by atoms with Crippen LogP contribution in [0.25, 0.3) is 0 Å². The largest absolute Gasteiger partial charge is 0.355 e. The summed E-state index contributed by atoms with van der Waals surface area (Å²) in [7, 11) is -1.65. The molecule has 8 nitrogen and oxygen atoms in total. The number of anilines is 1. The molecular weight excluding hydrogens is 344 g/mol. The van der Waals surface area contributed by atoms with Gasteiger partial charge in [-0.15, -0.1) is 0 Å². The Morgan fingerprint density at radius 3 is 2.60 bits per heavy atom. The monoisotopic (exact) mass is 368 g/mol. The highest BCUT2D eigenvalue weighted by molar-refractivity contribution is 7.88. The summed E-state index contributed by atoms with van der Waals surface area (Å²) in [4.78, 5) is 25.8. The summed E-state index contributed by atoms with van der Waals surface area (Å²) < 4.78 is 24.7. The van der Waals surface area contributed by atoms with Crippen LogP contribution in [0, 0.1) is 0 Å². The Kier molecular flexibility index (Phi) is 6.51. The van der Waals surface area contributed by atoms with Crippen molar-refractivity contribution >= 4 is 27.5 Å². The molecule has 1 aromatic rings. The van der Waals surface area contributed by atoms with Gasteiger partial charge in [-0.2, -0.15) is 0 Å². The number of benzene rings is 1. The van der Waals surface area contributed by atoms with Gasteiger partial charge >= 0.3 is 0 Å². The zero-order valence-corrected chi connectivity index (χ0v) is 15.3. The maximum Gasteiger partial charge on any atom is 0.251 e. The molecule has 0 spiro atoms. The van der Waals surface area contributed by atoms with E-state index in [2.05, 4.69) is 10.6 Å². The molecular formula is C16H24N4O4S. The van der Waals surface area contributed by atoms with E-state index >= 15 is 0 Å². The van der Waals surface area contributed by atoms with Crippen molar-refractivity contribution in [1.29, 1.82) is 0 Å². The van der Waals surface area contributed by atoms with Gasteiger partial charge < -0.3 is 10.6 Å². The number of carbonyl (C=O) groups is 2. The molecule has 2 N–H and O–H groups in total. The Morgan fingerprint density at radius 1 is 1.16 bits per heavy atom. The fourth-order valence-electron chi connectivity index (χ4n) is 2.72. The first-order valence-corrected chi connectivity index (χ1v) is 9.94. The summed E-state index contributed by atoms with van der Waals surface area (Å²) in [6, 6.07) is 6.71. The van der Waals surface area contributed by atoms with Crippen LogP contribution in [0.5, 0.6) is 0 Å². The molecule has 9 heteroatoms. The van der Waals surface area contributed by atoms with Crippen LogP contribution in [0.2, 0.25) is 0 Å². The minimum atomic E-state index is -3.20. The molecule has 0 bridgehead atoms. The molecule has 138 valence electrons. The fraction of sp³-hybridized carbons (Fsp3) is 0.500. The number of amides is 2. The van der Waals surface area contributed by atoms with Gasteiger partial charge in [0.15, 0.2) is 0 Å². The van der Waals surface area contributed by atoms with Crippen molar-refractivity contribution in [3.8, 4) is 0 Å². The predicted octanol–water partition coefficient (Wildman–Crippen LogP) is -0.0480. The molecule has 0 atom stereocenters. The van der Waals surface area contributed by atoms with Crippen LogP contribution in [0.15, 0.2) is 24.3 Å². The second-order valence-corrected chi connectivity index (χ2v) is 7.98. The summed E-state index contributed by atoms with van der Waals surface area (Å²) in [6.07, 6.45) is 1.89. The van der Waals surface area contributed by atoms with Crippen molar-refractivity contribution in [3.05, 3.63) is 29.8 Å². The predicted molar refractivity (Wildman–Crippen MR) is 95.9 cm³/mol. The molecule has 2 amide bonds. The number of sulfonamides is 1. The van der Waals surface area contributed by atoms with Crippen molar-refractivity contribution in [3.63, 3.8) is 0 Å². The Morgan fingerprint density at radius 2 is 1.92 bits per heavy atom. The molecule has 0 aliphatic carbocycles. The van der Waals surface area contributed by atoms with E-state index in [9.17, 15) is 18.0 Å². The van der Waals surface area contributed by atoms with E-state index in [1.807, 2.05) is 4.90 Å². The van der Waals surface area contributed by atoms with E-state index < -0.39 is 10.0 Å². The Bertz CT molecular complexity index is 735. The third-order valence-corrected chi connectivity index (χ3v) is 5.32. The van der Waals surface area contributed by atoms with Crippen molar-refractivity contribution in [2.75, 3.05) is 51.3 Å². The lowest BCUT2D eigenvalue weighted by Gasteiger charge is -2.20. The van der Waals surface area contributed by atoms with Crippen LogP contribution in [0.1, 0.15) is 16.8 Å². The third-order valence-electron chi connectivity index (χ3n) is 4.02. The molecule has 1 heterocycles. The highest BCUT2D eigenvalue weighted by atomic mass is 32.2. The van der Waals surface area contributed by atoms with E-state index in [1.165, 1.54) is 10.6 Å². The molecule has 2 rings (SSSR count). The lowest BCUT2D eigenvalue weighted by molar-refractivity contribution is -0.117. The topological polar surface area (TPSA) is 98.8 Å². The third kappa shape index (κ3) is 5.80. The molecule has 1 aromatic carbocycles. The van der Waals surface area contributed by atoms with Crippen LogP contribution < -0.4 is 10.6 Å². The first-order chi connectivity index (χ1) is 11.8. The molecule has 1 fully saturated rings. The number of hydrogen-bond donors (Lipinski definition) is 2. The molecule has 25 heavy (non-hydrogen) atoms. The molecule has 1 saturated heterocycles. The zero-order chi connectivity index (χ0) is 18.4. The van der Waals surface area contributed by atoms with E-state index in [-0.39, 0.29) is 18.4 Å². The van der Waals surface area contributed by atoms with Crippen LogP contribution in [-0.2, 0) is 14.8 Å². The number of hydrogen-bond acceptors (Lipinski definition) is 5. The van der Waals surface area contributed by atoms with Gasteiger partial charge in [-0.25, -0.2) is 12.7 Å². The first kappa shape index (κ1) is 19.4. The second kappa shape index (κ2) is 8.41. The number of nitrogens with zero attached hydrogens (tertiary/aromatic N) is 2. The maximum atomic E-state index is 12.2. The van der Waals surface area contributed by atoms with Gasteiger partial charge in [0.05, 0.1) is 12.8 Å². The van der Waals surface area contributed by atoms with Gasteiger partial charge in [0.2, 0.25) is 15.9 Å². The lowest BCUT2D eigenvalue weighted by atomic mass is 10.2. The average Bonchev–Trinajstić information content (AvgIpc) is 2.79. The van der Waals surface area contributed by atoms with Crippen molar-refractivity contribution in [2.45, 2.75) is 6.42 Å². The van der Waals surface area contributed by atoms with Gasteiger partial charge in [-0.1, -0.05) is 6.07 Å². The molecule has 0 radical (unpaired) electrons. The van der Waals surface area contributed by atoms with E-state index in [4.69, 9.17) is 0 Å². The summed E-state index contributed by atoms with van der Waals surface area (Å²) in [5.41, 5.74) is 1.03. The Hall–Kier alpha value is -1.97. The summed E-state index contributed by atoms with van der Waals surface area (Å²) >= 11 is 0. The smallest absolute Gasteiger partial charge is 0.251 e. The van der Waals surface area contributed by atoms with Gasteiger partial charge in [0.25, 0.3) is 5.91 Å². The number of carbonyl (C=O) groups excluding carboxylic acids is 2. The fourth-order valence-corrected chi connectivity index (χ4v) is 3.60. The zero-order valence-electron chi connectivity index (χ0n) is 14.5. The summed E-state index contributed by atoms with van der Waals surface area (Å²) in [5, 5.41) is 5.32. The molecule has 0 saturated carbocycles. The van der Waals surface area contributed by atoms with Crippen LogP contribution in [-0.4, -0.2) is 75.5 Å². The van der Waals surface area contributed by atoms with Crippen LogP contribution >= 0.6 is 0 Å². The minimum Gasteiger partial charge on any atom is -0.355 e. The standard InChI is InChI=1S/C16H24N4O4S/c1-17-16(22)13-5-3-6-14(11-13)18-15(21)12-19-7-4-8-20(10-9-19)25(2,23)24/h3,5-6,11H,4,7-10,12H2,1-2H3,(H,17,22)(H,18,21). The molecule has 0 aromatic heterocycles. The average molecular weight is 368 g/mol. The summed E-state index contributed by atoms with van der Waals surface area (Å²) in [6.45, 7) is 2.22. The Labute approximate surface area is 148 Å². The van der Waals surface area contributed by atoms with Gasteiger partial charge in [-0.05, 0) is 31.2 Å². The first-order valence-electron chi connectivity index (χ1n) is 8.09. The van der Waals surface area contributed by atoms with Crippen molar-refractivity contribution in [1.82, 2.24) is 14.5 Å².